The lowest BCUT2D eigenvalue weighted by Gasteiger charge is -2.47. The summed E-state index contributed by atoms with van der Waals surface area (Å²) in [5.74, 6) is -0.995. The molecule has 1 heterocycles. The predicted molar refractivity (Wildman–Crippen MR) is 50.8 cm³/mol. The Kier molecular flexibility index (Phi) is 3.43. The Balaban J connectivity index is 2.41. The molecule has 0 bridgehead atoms. The average molecular weight is 211 g/mol. The van der Waals surface area contributed by atoms with Crippen molar-refractivity contribution in [2.24, 2.45) is 0 Å². The van der Waals surface area contributed by atoms with Crippen LogP contribution in [-0.2, 0) is 9.59 Å². The Hall–Kier alpha value is -1.85. The highest BCUT2D eigenvalue weighted by Gasteiger charge is 2.19. The van der Waals surface area contributed by atoms with Crippen LogP contribution in [0.15, 0.2) is 12.2 Å². The number of nitrogens with zero attached hydrogens (tertiary/aromatic N) is 1. The van der Waals surface area contributed by atoms with Crippen molar-refractivity contribution in [3.63, 3.8) is 0 Å². The molecule has 0 aromatic rings. The molecule has 6 nitrogen and oxygen atoms in total. The lowest BCUT2D eigenvalue weighted by molar-refractivity contribution is -0.126. The maximum Gasteiger partial charge on any atom is 0.402 e. The Morgan fingerprint density at radius 1 is 1.53 bits per heavy atom. The number of likely N-dealkylation sites (tertiary alicyclic amines) is 1. The summed E-state index contributed by atoms with van der Waals surface area (Å²) in [7, 11) is 0. The van der Waals surface area contributed by atoms with Gasteiger partial charge in [-0.05, 0) is 6.08 Å². The second-order valence-corrected chi connectivity index (χ2v) is 3.07. The van der Waals surface area contributed by atoms with Gasteiger partial charge < -0.3 is 10.0 Å². The molecule has 1 atom stereocenters. The predicted octanol–water partition coefficient (Wildman–Crippen LogP) is -0.228. The molecule has 0 spiro atoms. The summed E-state index contributed by atoms with van der Waals surface area (Å²) in [6.45, 7) is 1.59. The van der Waals surface area contributed by atoms with Gasteiger partial charge in [0.25, 0.3) is 0 Å². The third-order valence-corrected chi connectivity index (χ3v) is 1.89. The lowest BCUT2D eigenvalue weighted by Crippen LogP contribution is -2.50. The monoisotopic (exact) mass is 211 g/mol. The molecule has 15 heavy (non-hydrogen) atoms. The summed E-state index contributed by atoms with van der Waals surface area (Å²) in [6.07, 6.45) is 3.29. The third-order valence-electron chi connectivity index (χ3n) is 1.89. The number of nitrogens with one attached hydrogen (secondary N) is 1. The van der Waals surface area contributed by atoms with Crippen LogP contribution < -0.4 is 5.32 Å². The van der Waals surface area contributed by atoms with Crippen molar-refractivity contribution in [3.05, 3.63) is 18.6 Å². The summed E-state index contributed by atoms with van der Waals surface area (Å²) >= 11 is 0. The molecule has 0 saturated carbocycles. The van der Waals surface area contributed by atoms with E-state index in [0.717, 1.165) is 11.0 Å². The zero-order chi connectivity index (χ0) is 11.4. The van der Waals surface area contributed by atoms with E-state index in [4.69, 9.17) is 5.11 Å². The van der Waals surface area contributed by atoms with Gasteiger partial charge in [-0.25, -0.2) is 4.79 Å². The molecule has 1 saturated heterocycles. The highest BCUT2D eigenvalue weighted by Crippen LogP contribution is 2.16. The van der Waals surface area contributed by atoms with Crippen LogP contribution in [0, 0.1) is 6.42 Å². The number of carboxylic acid groups (broad SMARTS) is 1. The van der Waals surface area contributed by atoms with Crippen LogP contribution in [0.2, 0.25) is 0 Å². The van der Waals surface area contributed by atoms with Gasteiger partial charge in [-0.3, -0.25) is 21.3 Å². The van der Waals surface area contributed by atoms with E-state index in [1.165, 1.54) is 13.0 Å². The van der Waals surface area contributed by atoms with Crippen LogP contribution in [0.3, 0.4) is 0 Å². The van der Waals surface area contributed by atoms with E-state index < -0.39 is 17.9 Å². The molecule has 1 fully saturated rings. The zero-order valence-corrected chi connectivity index (χ0v) is 8.14. The van der Waals surface area contributed by atoms with E-state index in [-0.39, 0.29) is 6.04 Å². The molecule has 1 aliphatic heterocycles. The molecule has 1 aliphatic rings. The summed E-state index contributed by atoms with van der Waals surface area (Å²) < 4.78 is 0. The van der Waals surface area contributed by atoms with Crippen molar-refractivity contribution < 1.29 is 19.5 Å². The van der Waals surface area contributed by atoms with Gasteiger partial charge >= 0.3 is 6.09 Å². The van der Waals surface area contributed by atoms with E-state index in [1.807, 2.05) is 5.32 Å². The molecule has 0 aromatic heterocycles. The highest BCUT2D eigenvalue weighted by molar-refractivity contribution is 6.00. The first-order chi connectivity index (χ1) is 7.00. The van der Waals surface area contributed by atoms with Crippen molar-refractivity contribution in [2.75, 3.05) is 6.54 Å². The number of carbonyl (C=O) groups excluding carboxylic acids is 2. The van der Waals surface area contributed by atoms with Crippen LogP contribution in [0.25, 0.3) is 0 Å². The van der Waals surface area contributed by atoms with Gasteiger partial charge in [0.1, 0.15) is 0 Å². The largest absolute Gasteiger partial charge is 0.465 e. The zero-order valence-electron chi connectivity index (χ0n) is 8.14. The number of hydrogen-bond donors (Lipinski definition) is 2. The number of rotatable bonds is 2. The van der Waals surface area contributed by atoms with Crippen LogP contribution in [0.5, 0.6) is 0 Å². The summed E-state index contributed by atoms with van der Waals surface area (Å²) in [5.41, 5.74) is 0. The van der Waals surface area contributed by atoms with Gasteiger partial charge in [0.2, 0.25) is 11.8 Å². The second-order valence-electron chi connectivity index (χ2n) is 3.07. The van der Waals surface area contributed by atoms with E-state index in [2.05, 4.69) is 0 Å². The molecule has 2 N–H and O–H groups in total. The number of hydrogen-bond acceptors (Lipinski definition) is 3. The topological polar surface area (TPSA) is 86.7 Å². The fourth-order valence-electron chi connectivity index (χ4n) is 1.12. The minimum Gasteiger partial charge on any atom is -0.465 e. The molecule has 0 radical (unpaired) electrons. The highest BCUT2D eigenvalue weighted by atomic mass is 16.4. The van der Waals surface area contributed by atoms with Gasteiger partial charge in [0.05, 0.1) is 0 Å². The molecule has 6 heteroatoms. The maximum absolute atomic E-state index is 11.0. The Bertz CT molecular complexity index is 324. The Labute approximate surface area is 86.6 Å². The minimum atomic E-state index is -1.03. The van der Waals surface area contributed by atoms with E-state index in [0.29, 0.717) is 6.54 Å². The summed E-state index contributed by atoms with van der Waals surface area (Å²) in [4.78, 5) is 33.1. The molecule has 0 aromatic carbocycles. The van der Waals surface area contributed by atoms with Crippen molar-refractivity contribution in [1.29, 1.82) is 0 Å². The van der Waals surface area contributed by atoms with E-state index >= 15 is 0 Å². The van der Waals surface area contributed by atoms with Crippen LogP contribution in [-0.4, -0.2) is 40.5 Å². The lowest BCUT2D eigenvalue weighted by atomic mass is 10.0. The van der Waals surface area contributed by atoms with Gasteiger partial charge in [0.15, 0.2) is 0 Å². The molecule has 3 amide bonds. The molecule has 0 aliphatic carbocycles. The van der Waals surface area contributed by atoms with Gasteiger partial charge in [-0.2, -0.15) is 0 Å². The molecular formula is C9H11N2O4-. The van der Waals surface area contributed by atoms with Gasteiger partial charge in [-0.1, -0.05) is 12.1 Å². The third kappa shape index (κ3) is 3.08. The standard InChI is InChI=1S/C9H11N2O4/c1-6(12)10-8(13)3-2-7-4-5-11(7)9(14)15/h2-4,7H,5H2,1H3,(H,14,15)(H,10,12,13)/q-1/b3-2+. The number of amides is 3. The summed E-state index contributed by atoms with van der Waals surface area (Å²) in [5, 5.41) is 10.7. The molecular weight excluding hydrogens is 200 g/mol. The second kappa shape index (κ2) is 4.59. The SMILES string of the molecule is CC(=O)NC(=O)/C=C/C1[CH-]CN1C(=O)O. The fraction of sp³-hybridized carbons (Fsp3) is 0.333. The van der Waals surface area contributed by atoms with E-state index in [1.54, 1.807) is 6.42 Å². The van der Waals surface area contributed by atoms with Crippen molar-refractivity contribution in [2.45, 2.75) is 13.0 Å². The smallest absolute Gasteiger partial charge is 0.402 e. The normalized spacial score (nSPS) is 19.8. The average Bonchev–Trinajstić information content (AvgIpc) is 1.99. The number of carbonyl (C=O) groups is 3. The van der Waals surface area contributed by atoms with Crippen LogP contribution in [0.1, 0.15) is 6.92 Å². The first-order valence-corrected chi connectivity index (χ1v) is 4.33. The number of imide groups is 1. The minimum absolute atomic E-state index is 0.360. The Morgan fingerprint density at radius 3 is 2.60 bits per heavy atom. The van der Waals surface area contributed by atoms with Crippen molar-refractivity contribution >= 4 is 17.9 Å². The maximum atomic E-state index is 11.0. The molecule has 1 unspecified atom stereocenters. The van der Waals surface area contributed by atoms with Crippen molar-refractivity contribution in [3.8, 4) is 0 Å². The first-order valence-electron chi connectivity index (χ1n) is 4.33. The molecule has 82 valence electrons. The van der Waals surface area contributed by atoms with Gasteiger partial charge in [-0.15, -0.1) is 6.54 Å². The van der Waals surface area contributed by atoms with Crippen LogP contribution in [0.4, 0.5) is 4.79 Å². The quantitative estimate of drug-likeness (QED) is 0.488. The molecule has 1 rings (SSSR count). The Morgan fingerprint density at radius 2 is 2.20 bits per heavy atom. The van der Waals surface area contributed by atoms with Gasteiger partial charge in [0, 0.05) is 6.92 Å². The van der Waals surface area contributed by atoms with Crippen LogP contribution >= 0.6 is 0 Å². The van der Waals surface area contributed by atoms with Crippen molar-refractivity contribution in [1.82, 2.24) is 10.2 Å². The first kappa shape index (κ1) is 11.2. The summed E-state index contributed by atoms with van der Waals surface area (Å²) in [6, 6.07) is -0.375. The van der Waals surface area contributed by atoms with E-state index in [9.17, 15) is 14.4 Å². The fourth-order valence-corrected chi connectivity index (χ4v) is 1.12.